The van der Waals surface area contributed by atoms with E-state index in [0.717, 1.165) is 0 Å². The van der Waals surface area contributed by atoms with Gasteiger partial charge in [0.1, 0.15) is 0 Å². The van der Waals surface area contributed by atoms with Crippen molar-refractivity contribution < 1.29 is 0 Å². The van der Waals surface area contributed by atoms with Gasteiger partial charge in [0.25, 0.3) is 0 Å². The molecule has 0 saturated carbocycles. The fraction of sp³-hybridized carbons (Fsp3) is 0.600. The van der Waals surface area contributed by atoms with Crippen molar-refractivity contribution in [2.75, 3.05) is 0 Å². The molecule has 0 spiro atoms. The molecule has 0 unspecified atom stereocenters. The maximum absolute atomic E-state index is 2.43. The molecule has 0 aliphatic carbocycles. The Hall–Kier alpha value is -1.56. The Morgan fingerprint density at radius 2 is 1.07 bits per heavy atom. The molecule has 166 valence electrons. The van der Waals surface area contributed by atoms with Crippen molar-refractivity contribution in [3.63, 3.8) is 0 Å². The molecular formula is C30H46. The monoisotopic (exact) mass is 406 g/mol. The summed E-state index contributed by atoms with van der Waals surface area (Å²) < 4.78 is 0. The second-order valence-electron chi connectivity index (χ2n) is 9.03. The second-order valence-corrected chi connectivity index (χ2v) is 9.03. The lowest BCUT2D eigenvalue weighted by Crippen LogP contribution is -1.88. The first kappa shape index (κ1) is 24.7. The van der Waals surface area contributed by atoms with Crippen molar-refractivity contribution in [1.29, 1.82) is 0 Å². The zero-order chi connectivity index (χ0) is 21.1. The number of hydrogen-bond acceptors (Lipinski definition) is 0. The van der Waals surface area contributed by atoms with Crippen molar-refractivity contribution in [3.05, 3.63) is 60.2 Å². The van der Waals surface area contributed by atoms with E-state index in [1.54, 1.807) is 0 Å². The van der Waals surface area contributed by atoms with Gasteiger partial charge in [-0.2, -0.15) is 0 Å². The van der Waals surface area contributed by atoms with Gasteiger partial charge in [-0.15, -0.1) is 0 Å². The van der Waals surface area contributed by atoms with Crippen LogP contribution in [0.2, 0.25) is 0 Å². The second kappa shape index (κ2) is 17.2. The third kappa shape index (κ3) is 11.0. The fourth-order valence-corrected chi connectivity index (χ4v) is 4.43. The van der Waals surface area contributed by atoms with Crippen molar-refractivity contribution in [2.45, 2.75) is 116 Å². The lowest BCUT2D eigenvalue weighted by Gasteiger charge is -2.06. The number of unbranched alkanes of at least 4 members (excludes halogenated alkanes) is 14. The molecule has 0 nitrogen and oxygen atoms in total. The van der Waals surface area contributed by atoms with Crippen LogP contribution >= 0.6 is 0 Å². The summed E-state index contributed by atoms with van der Waals surface area (Å²) >= 11 is 0. The highest BCUT2D eigenvalue weighted by Gasteiger charge is 2.00. The zero-order valence-corrected chi connectivity index (χ0v) is 19.7. The highest BCUT2D eigenvalue weighted by Crippen LogP contribution is 2.21. The third-order valence-electron chi connectivity index (χ3n) is 6.34. The van der Waals surface area contributed by atoms with Crippen LogP contribution in [0.25, 0.3) is 10.8 Å². The van der Waals surface area contributed by atoms with Gasteiger partial charge in [0.2, 0.25) is 0 Å². The predicted molar refractivity (Wildman–Crippen MR) is 136 cm³/mol. The summed E-state index contributed by atoms with van der Waals surface area (Å²) in [5.74, 6) is 0. The number of fused-ring (bicyclic) bond motifs is 1. The molecule has 0 saturated heterocycles. The molecule has 0 radical (unpaired) electrons. The Kier molecular flexibility index (Phi) is 14.1. The highest BCUT2D eigenvalue weighted by molar-refractivity contribution is 5.85. The molecule has 0 fully saturated rings. The zero-order valence-electron chi connectivity index (χ0n) is 19.7. The summed E-state index contributed by atoms with van der Waals surface area (Å²) in [4.78, 5) is 0. The summed E-state index contributed by atoms with van der Waals surface area (Å²) in [6.45, 7) is 2.29. The fourth-order valence-electron chi connectivity index (χ4n) is 4.43. The van der Waals surface area contributed by atoms with Crippen LogP contribution in [0.4, 0.5) is 0 Å². The Bertz CT molecular complexity index is 676. The van der Waals surface area contributed by atoms with E-state index in [2.05, 4.69) is 61.5 Å². The van der Waals surface area contributed by atoms with E-state index in [1.165, 1.54) is 125 Å². The number of aryl methyl sites for hydroxylation is 1. The minimum atomic E-state index is 1.23. The van der Waals surface area contributed by atoms with E-state index < -0.39 is 0 Å². The average Bonchev–Trinajstić information content (AvgIpc) is 2.78. The van der Waals surface area contributed by atoms with Crippen molar-refractivity contribution >= 4 is 10.8 Å². The summed E-state index contributed by atoms with van der Waals surface area (Å²) in [6.07, 6.45) is 28.3. The smallest absolute Gasteiger partial charge is 0.0152 e. The van der Waals surface area contributed by atoms with Gasteiger partial charge in [-0.25, -0.2) is 0 Å². The van der Waals surface area contributed by atoms with E-state index in [4.69, 9.17) is 0 Å². The standard InChI is InChI=1S/C30H46/c1-2-3-4-5-6-7-8-9-10-11-12-13-14-15-16-17-18-19-23-28-25-22-26-29-24-20-21-27-30(28)29/h8-9,20-22,24-27H,2-7,10-19,23H2,1H3/b9-8+. The topological polar surface area (TPSA) is 0 Å². The quantitative estimate of drug-likeness (QED) is 0.170. The Labute approximate surface area is 187 Å². The first-order valence-corrected chi connectivity index (χ1v) is 13.0. The highest BCUT2D eigenvalue weighted by atomic mass is 14.1. The number of allylic oxidation sites excluding steroid dienone is 2. The largest absolute Gasteiger partial charge is 0.0885 e. The van der Waals surface area contributed by atoms with Gasteiger partial charge in [0.05, 0.1) is 0 Å². The van der Waals surface area contributed by atoms with Gasteiger partial charge < -0.3 is 0 Å². The molecule has 30 heavy (non-hydrogen) atoms. The molecule has 0 N–H and O–H groups in total. The lowest BCUT2D eigenvalue weighted by molar-refractivity contribution is 0.560. The summed E-state index contributed by atoms with van der Waals surface area (Å²) in [7, 11) is 0. The molecule has 0 aromatic heterocycles. The van der Waals surface area contributed by atoms with Gasteiger partial charge in [-0.1, -0.05) is 132 Å². The van der Waals surface area contributed by atoms with E-state index in [1.807, 2.05) is 0 Å². The molecular weight excluding hydrogens is 360 g/mol. The Balaban J connectivity index is 1.36. The normalized spacial score (nSPS) is 11.6. The minimum Gasteiger partial charge on any atom is -0.0885 e. The minimum absolute atomic E-state index is 1.23. The first-order valence-electron chi connectivity index (χ1n) is 13.0. The average molecular weight is 407 g/mol. The van der Waals surface area contributed by atoms with Gasteiger partial charge in [0.15, 0.2) is 0 Å². The number of hydrogen-bond donors (Lipinski definition) is 0. The van der Waals surface area contributed by atoms with Gasteiger partial charge in [-0.3, -0.25) is 0 Å². The van der Waals surface area contributed by atoms with Crippen LogP contribution in [0.15, 0.2) is 54.6 Å². The molecule has 0 bridgehead atoms. The lowest BCUT2D eigenvalue weighted by atomic mass is 9.99. The summed E-state index contributed by atoms with van der Waals surface area (Å²) in [5.41, 5.74) is 1.53. The summed E-state index contributed by atoms with van der Waals surface area (Å²) in [6, 6.07) is 15.6. The maximum atomic E-state index is 2.43. The van der Waals surface area contributed by atoms with E-state index in [9.17, 15) is 0 Å². The summed E-state index contributed by atoms with van der Waals surface area (Å²) in [5, 5.41) is 2.83. The molecule has 2 aromatic carbocycles. The van der Waals surface area contributed by atoms with Crippen molar-refractivity contribution in [3.8, 4) is 0 Å². The predicted octanol–water partition coefficient (Wildman–Crippen LogP) is 10.2. The van der Waals surface area contributed by atoms with Crippen LogP contribution < -0.4 is 0 Å². The molecule has 2 rings (SSSR count). The van der Waals surface area contributed by atoms with Gasteiger partial charge in [-0.05, 0) is 54.9 Å². The van der Waals surface area contributed by atoms with E-state index >= 15 is 0 Å². The molecule has 0 heterocycles. The van der Waals surface area contributed by atoms with Crippen molar-refractivity contribution in [1.82, 2.24) is 0 Å². The molecule has 2 aromatic rings. The number of benzene rings is 2. The molecule has 0 amide bonds. The van der Waals surface area contributed by atoms with E-state index in [0.29, 0.717) is 0 Å². The SMILES string of the molecule is CCCCCCC/C=C/CCCCCCCCCCCc1cccc2ccccc12. The van der Waals surface area contributed by atoms with Crippen LogP contribution in [-0.2, 0) is 6.42 Å². The Morgan fingerprint density at radius 3 is 1.73 bits per heavy atom. The molecule has 0 heteroatoms. The van der Waals surface area contributed by atoms with Gasteiger partial charge >= 0.3 is 0 Å². The van der Waals surface area contributed by atoms with Gasteiger partial charge in [0, 0.05) is 0 Å². The Morgan fingerprint density at radius 1 is 0.533 bits per heavy atom. The van der Waals surface area contributed by atoms with Crippen molar-refractivity contribution in [2.24, 2.45) is 0 Å². The molecule has 0 aliphatic heterocycles. The molecule has 0 aliphatic rings. The van der Waals surface area contributed by atoms with Crippen LogP contribution in [0, 0.1) is 0 Å². The van der Waals surface area contributed by atoms with Crippen LogP contribution in [0.1, 0.15) is 115 Å². The van der Waals surface area contributed by atoms with Crippen LogP contribution in [0.3, 0.4) is 0 Å². The first-order chi connectivity index (χ1) is 14.9. The van der Waals surface area contributed by atoms with Crippen LogP contribution in [0.5, 0.6) is 0 Å². The van der Waals surface area contributed by atoms with Crippen LogP contribution in [-0.4, -0.2) is 0 Å². The number of rotatable bonds is 18. The molecule has 0 atom stereocenters. The third-order valence-corrected chi connectivity index (χ3v) is 6.34. The van der Waals surface area contributed by atoms with E-state index in [-0.39, 0.29) is 0 Å². The maximum Gasteiger partial charge on any atom is -0.0152 e.